The lowest BCUT2D eigenvalue weighted by atomic mass is 9.95. The smallest absolute Gasteiger partial charge is 0.306 e. The summed E-state index contributed by atoms with van der Waals surface area (Å²) < 4.78 is 21.1. The van der Waals surface area contributed by atoms with E-state index >= 15 is 0 Å². The maximum absolute atomic E-state index is 11.9. The summed E-state index contributed by atoms with van der Waals surface area (Å²) in [6.45, 7) is 10.2. The Morgan fingerprint density at radius 1 is 0.524 bits per heavy atom. The van der Waals surface area contributed by atoms with Crippen LogP contribution in [0.5, 0.6) is 0 Å². The first-order valence-corrected chi connectivity index (χ1v) is 23.6. The van der Waals surface area contributed by atoms with Gasteiger partial charge in [-0.2, -0.15) is 0 Å². The molecule has 374 valence electrons. The molecule has 2 atom stereocenters. The first-order chi connectivity index (χ1) is 29.8. The molecule has 2 amide bonds. The zero-order chi connectivity index (χ0) is 46.5. The average Bonchev–Trinajstić information content (AvgIpc) is 3.22. The van der Waals surface area contributed by atoms with E-state index in [1.54, 1.807) is 6.92 Å². The van der Waals surface area contributed by atoms with Gasteiger partial charge in [0.25, 0.3) is 0 Å². The number of aliphatic carboxylic acids is 2. The van der Waals surface area contributed by atoms with Gasteiger partial charge in [0, 0.05) is 61.1 Å². The van der Waals surface area contributed by atoms with Crippen LogP contribution in [-0.2, 0) is 52.5 Å². The van der Waals surface area contributed by atoms with E-state index in [0.717, 1.165) is 57.8 Å². The van der Waals surface area contributed by atoms with Crippen molar-refractivity contribution in [1.29, 1.82) is 0 Å². The Balaban J connectivity index is -0.000000356. The molecule has 0 aromatic carbocycles. The van der Waals surface area contributed by atoms with Crippen molar-refractivity contribution in [3.63, 3.8) is 0 Å². The number of hydrogen-bond acceptors (Lipinski definition) is 11. The lowest BCUT2D eigenvalue weighted by Gasteiger charge is -2.09. The molecule has 0 fully saturated rings. The van der Waals surface area contributed by atoms with E-state index in [-0.39, 0.29) is 63.0 Å². The van der Waals surface area contributed by atoms with Gasteiger partial charge < -0.3 is 45.3 Å². The summed E-state index contributed by atoms with van der Waals surface area (Å²) in [4.78, 5) is 78.6. The van der Waals surface area contributed by atoms with Crippen LogP contribution in [0.15, 0.2) is 0 Å². The van der Waals surface area contributed by atoms with E-state index in [9.17, 15) is 33.6 Å². The third kappa shape index (κ3) is 51.2. The molecule has 0 aliphatic heterocycles. The molecule has 0 rings (SSSR count). The van der Waals surface area contributed by atoms with Gasteiger partial charge in [-0.15, -0.1) is 0 Å². The molecular weight excluding hydrogens is 817 g/mol. The fourth-order valence-electron chi connectivity index (χ4n) is 6.35. The van der Waals surface area contributed by atoms with Crippen LogP contribution >= 0.6 is 0 Å². The predicted octanol–water partition coefficient (Wildman–Crippen LogP) is 7.49. The van der Waals surface area contributed by atoms with Crippen LogP contribution < -0.4 is 10.6 Å². The van der Waals surface area contributed by atoms with E-state index in [2.05, 4.69) is 10.6 Å². The second kappa shape index (κ2) is 48.2. The number of carboxylic acid groups (broad SMARTS) is 2. The Kier molecular flexibility index (Phi) is 48.9. The van der Waals surface area contributed by atoms with Gasteiger partial charge in [0.2, 0.25) is 11.8 Å². The van der Waals surface area contributed by atoms with Crippen molar-refractivity contribution in [2.45, 2.75) is 182 Å². The van der Waals surface area contributed by atoms with Gasteiger partial charge in [-0.05, 0) is 45.4 Å². The minimum absolute atomic E-state index is 0. The molecule has 0 saturated carbocycles. The van der Waals surface area contributed by atoms with Gasteiger partial charge in [0.05, 0.1) is 39.0 Å². The largest absolute Gasteiger partial charge is 0.481 e. The molecule has 16 heteroatoms. The van der Waals surface area contributed by atoms with Gasteiger partial charge in [-0.25, -0.2) is 0 Å². The van der Waals surface area contributed by atoms with Crippen molar-refractivity contribution >= 4 is 41.1 Å². The Morgan fingerprint density at radius 3 is 1.52 bits per heavy atom. The van der Waals surface area contributed by atoms with E-state index in [4.69, 9.17) is 29.2 Å². The van der Waals surface area contributed by atoms with Gasteiger partial charge in [0.15, 0.2) is 5.78 Å². The number of nitrogens with one attached hydrogen (secondary N) is 2. The molecule has 0 saturated heterocycles. The number of amides is 2. The SMILES string of the molecule is CC(=O)NCCOCCOCC(=O)CCCOCCOCC(=O)NCCCC[C@H](C)C(C)=O.CCC[C@H](CC(=O)CCCCCCCCCCCCCCCCC(=O)O)C(=O)O.O.[HH].[HH]. The van der Waals surface area contributed by atoms with Gasteiger partial charge in [-0.3, -0.25) is 33.6 Å². The third-order valence-corrected chi connectivity index (χ3v) is 10.2. The summed E-state index contributed by atoms with van der Waals surface area (Å²) >= 11 is 0. The number of Topliss-reactive ketones (excluding diaryl/α,β-unsaturated/α-hetero) is 3. The Bertz CT molecular complexity index is 1180. The molecule has 0 unspecified atom stereocenters. The number of rotatable bonds is 45. The van der Waals surface area contributed by atoms with Crippen molar-refractivity contribution in [3.05, 3.63) is 0 Å². The van der Waals surface area contributed by atoms with Crippen LogP contribution in [0.4, 0.5) is 0 Å². The zero-order valence-corrected chi connectivity index (χ0v) is 39.6. The summed E-state index contributed by atoms with van der Waals surface area (Å²) in [6, 6.07) is 0. The summed E-state index contributed by atoms with van der Waals surface area (Å²) in [7, 11) is 0. The minimum atomic E-state index is -0.837. The number of ether oxygens (including phenoxy) is 4. The fourth-order valence-corrected chi connectivity index (χ4v) is 6.35. The Morgan fingerprint density at radius 2 is 1.02 bits per heavy atom. The highest BCUT2D eigenvalue weighted by Crippen LogP contribution is 2.17. The maximum Gasteiger partial charge on any atom is 0.306 e. The normalized spacial score (nSPS) is 11.7. The van der Waals surface area contributed by atoms with E-state index < -0.39 is 17.9 Å². The monoisotopic (exact) mass is 909 g/mol. The first kappa shape index (κ1) is 64.0. The number of ketones is 3. The van der Waals surface area contributed by atoms with Crippen LogP contribution in [0.3, 0.4) is 0 Å². The third-order valence-electron chi connectivity index (χ3n) is 10.2. The number of unbranched alkanes of at least 4 members (excludes halogenated alkanes) is 14. The Hall–Kier alpha value is -3.31. The second-order valence-corrected chi connectivity index (χ2v) is 16.2. The standard InChI is InChI=1S/C24H44O5.C23H42N2O8.H2O.2H2/c1-2-17-21(24(28)29)20-22(25)18-15-13-11-9-7-5-3-4-6-8-10-12-14-16-19-23(26)27;1-19(20(2)26)7-4-5-9-25-23(29)18-33-16-13-30-11-6-8-22(28)17-32-15-14-31-12-10-24-21(3)27;;;/h21H,2-20H2,1H3,(H,26,27)(H,28,29);19H,4-18H2,1-3H3,(H,24,27)(H,25,29);1H2;2*1H/t21-;19-;;;/m10.../s1. The van der Waals surface area contributed by atoms with Gasteiger partial charge >= 0.3 is 11.9 Å². The average molecular weight is 909 g/mol. The molecule has 16 nitrogen and oxygen atoms in total. The Labute approximate surface area is 381 Å². The zero-order valence-electron chi connectivity index (χ0n) is 39.6. The van der Waals surface area contributed by atoms with Crippen molar-refractivity contribution in [2.75, 3.05) is 65.9 Å². The number of carbonyl (C=O) groups is 7. The molecular formula is C47H92N2O14. The number of carboxylic acids is 2. The van der Waals surface area contributed by atoms with Crippen molar-refractivity contribution in [3.8, 4) is 0 Å². The lowest BCUT2D eigenvalue weighted by molar-refractivity contribution is -0.144. The minimum Gasteiger partial charge on any atom is -0.481 e. The maximum atomic E-state index is 11.9. The summed E-state index contributed by atoms with van der Waals surface area (Å²) in [5.74, 6) is -1.90. The molecule has 0 heterocycles. The molecule has 0 aromatic heterocycles. The van der Waals surface area contributed by atoms with E-state index in [1.165, 1.54) is 64.7 Å². The molecule has 6 N–H and O–H groups in total. The summed E-state index contributed by atoms with van der Waals surface area (Å²) in [5, 5.41) is 23.1. The molecule has 0 spiro atoms. The van der Waals surface area contributed by atoms with Crippen LogP contribution in [0, 0.1) is 11.8 Å². The van der Waals surface area contributed by atoms with E-state index in [1.807, 2.05) is 13.8 Å². The van der Waals surface area contributed by atoms with Crippen LogP contribution in [-0.4, -0.2) is 123 Å². The highest BCUT2D eigenvalue weighted by atomic mass is 16.5. The highest BCUT2D eigenvalue weighted by molar-refractivity contribution is 5.83. The topological polar surface area (TPSA) is 252 Å². The van der Waals surface area contributed by atoms with E-state index in [0.29, 0.717) is 84.8 Å². The summed E-state index contributed by atoms with van der Waals surface area (Å²) in [6.07, 6.45) is 22.3. The number of carbonyl (C=O) groups excluding carboxylic acids is 5. The van der Waals surface area contributed by atoms with Gasteiger partial charge in [-0.1, -0.05) is 104 Å². The number of hydrogen-bond donors (Lipinski definition) is 4. The fraction of sp³-hybridized carbons (Fsp3) is 0.851. The second-order valence-electron chi connectivity index (χ2n) is 16.2. The van der Waals surface area contributed by atoms with Crippen LogP contribution in [0.25, 0.3) is 0 Å². The van der Waals surface area contributed by atoms with Crippen LogP contribution in [0.2, 0.25) is 0 Å². The molecule has 0 aromatic rings. The highest BCUT2D eigenvalue weighted by Gasteiger charge is 2.19. The molecule has 0 radical (unpaired) electrons. The molecule has 0 aliphatic rings. The molecule has 0 bridgehead atoms. The van der Waals surface area contributed by atoms with Gasteiger partial charge in [0.1, 0.15) is 24.8 Å². The lowest BCUT2D eigenvalue weighted by Crippen LogP contribution is -2.29. The molecule has 63 heavy (non-hydrogen) atoms. The van der Waals surface area contributed by atoms with Crippen molar-refractivity contribution in [2.24, 2.45) is 11.8 Å². The first-order valence-electron chi connectivity index (χ1n) is 23.6. The summed E-state index contributed by atoms with van der Waals surface area (Å²) in [5.41, 5.74) is 0. The van der Waals surface area contributed by atoms with Crippen LogP contribution in [0.1, 0.15) is 185 Å². The van der Waals surface area contributed by atoms with Crippen molar-refractivity contribution in [1.82, 2.24) is 10.6 Å². The van der Waals surface area contributed by atoms with Crippen molar-refractivity contribution < 1.29 is 71.1 Å². The quantitative estimate of drug-likeness (QED) is 0.0433. The predicted molar refractivity (Wildman–Crippen MR) is 248 cm³/mol. The molecule has 0 aliphatic carbocycles.